The Bertz CT molecular complexity index is 405. The molecule has 6 nitrogen and oxygen atoms in total. The van der Waals surface area contributed by atoms with Gasteiger partial charge < -0.3 is 10.6 Å². The molecule has 1 aromatic heterocycles. The van der Waals surface area contributed by atoms with Crippen LogP contribution in [0.4, 0.5) is 0 Å². The van der Waals surface area contributed by atoms with E-state index in [0.717, 1.165) is 0 Å². The summed E-state index contributed by atoms with van der Waals surface area (Å²) < 4.78 is 0. The smallest absolute Gasteiger partial charge is 0.271 e. The SMILES string of the molecule is CC(C)NC(=O)CNC(=O)c1cnc(Cl)cn1. The molecular formula is C10H13ClN4O2. The number of hydrogen-bond acceptors (Lipinski definition) is 4. The van der Waals surface area contributed by atoms with Gasteiger partial charge in [-0.15, -0.1) is 0 Å². The summed E-state index contributed by atoms with van der Waals surface area (Å²) in [6, 6.07) is 0.0368. The van der Waals surface area contributed by atoms with Gasteiger partial charge in [-0.1, -0.05) is 11.6 Å². The lowest BCUT2D eigenvalue weighted by molar-refractivity contribution is -0.120. The van der Waals surface area contributed by atoms with Crippen LogP contribution in [0.25, 0.3) is 0 Å². The van der Waals surface area contributed by atoms with Gasteiger partial charge in [-0.3, -0.25) is 9.59 Å². The number of nitrogens with zero attached hydrogens (tertiary/aromatic N) is 2. The van der Waals surface area contributed by atoms with Gasteiger partial charge in [-0.2, -0.15) is 0 Å². The van der Waals surface area contributed by atoms with Crippen molar-refractivity contribution >= 4 is 23.4 Å². The van der Waals surface area contributed by atoms with Gasteiger partial charge >= 0.3 is 0 Å². The normalized spacial score (nSPS) is 10.1. The van der Waals surface area contributed by atoms with E-state index in [0.29, 0.717) is 0 Å². The van der Waals surface area contributed by atoms with Gasteiger partial charge in [-0.05, 0) is 13.8 Å². The van der Waals surface area contributed by atoms with E-state index in [2.05, 4.69) is 20.6 Å². The fourth-order valence-corrected chi connectivity index (χ4v) is 1.15. The quantitative estimate of drug-likeness (QED) is 0.816. The molecule has 7 heteroatoms. The number of aromatic nitrogens is 2. The largest absolute Gasteiger partial charge is 0.352 e. The Kier molecular flexibility index (Phi) is 4.84. The summed E-state index contributed by atoms with van der Waals surface area (Å²) in [6.07, 6.45) is 2.52. The molecular weight excluding hydrogens is 244 g/mol. The molecule has 17 heavy (non-hydrogen) atoms. The predicted octanol–water partition coefficient (Wildman–Crippen LogP) is 0.384. The van der Waals surface area contributed by atoms with E-state index in [4.69, 9.17) is 11.6 Å². The maximum absolute atomic E-state index is 11.5. The van der Waals surface area contributed by atoms with E-state index in [1.54, 1.807) is 0 Å². The van der Waals surface area contributed by atoms with E-state index < -0.39 is 5.91 Å². The van der Waals surface area contributed by atoms with Crippen LogP contribution in [-0.4, -0.2) is 34.4 Å². The first-order chi connectivity index (χ1) is 7.99. The van der Waals surface area contributed by atoms with Crippen molar-refractivity contribution in [2.75, 3.05) is 6.54 Å². The predicted molar refractivity (Wildman–Crippen MR) is 62.7 cm³/mol. The zero-order chi connectivity index (χ0) is 12.8. The van der Waals surface area contributed by atoms with Gasteiger partial charge in [0.05, 0.1) is 18.9 Å². The summed E-state index contributed by atoms with van der Waals surface area (Å²) in [6.45, 7) is 3.58. The Labute approximate surface area is 104 Å². The number of amides is 2. The lowest BCUT2D eigenvalue weighted by Gasteiger charge is -2.08. The van der Waals surface area contributed by atoms with Gasteiger partial charge in [0.25, 0.3) is 5.91 Å². The van der Waals surface area contributed by atoms with Crippen LogP contribution in [0.5, 0.6) is 0 Å². The zero-order valence-corrected chi connectivity index (χ0v) is 10.3. The number of rotatable bonds is 4. The fourth-order valence-electron chi connectivity index (χ4n) is 1.05. The monoisotopic (exact) mass is 256 g/mol. The lowest BCUT2D eigenvalue weighted by Crippen LogP contribution is -2.40. The molecule has 0 saturated carbocycles. The van der Waals surface area contributed by atoms with Crippen LogP contribution in [0.15, 0.2) is 12.4 Å². The highest BCUT2D eigenvalue weighted by Gasteiger charge is 2.10. The van der Waals surface area contributed by atoms with Crippen molar-refractivity contribution in [2.45, 2.75) is 19.9 Å². The topological polar surface area (TPSA) is 84.0 Å². The van der Waals surface area contributed by atoms with Crippen molar-refractivity contribution in [3.8, 4) is 0 Å². The van der Waals surface area contributed by atoms with Gasteiger partial charge in [0.15, 0.2) is 0 Å². The summed E-state index contributed by atoms with van der Waals surface area (Å²) in [5, 5.41) is 5.28. The molecule has 1 aromatic rings. The van der Waals surface area contributed by atoms with E-state index in [1.807, 2.05) is 13.8 Å². The van der Waals surface area contributed by atoms with Gasteiger partial charge in [-0.25, -0.2) is 9.97 Å². The van der Waals surface area contributed by atoms with Crippen LogP contribution < -0.4 is 10.6 Å². The minimum Gasteiger partial charge on any atom is -0.352 e. The number of carbonyl (C=O) groups excluding carboxylic acids is 2. The third kappa shape index (κ3) is 4.78. The third-order valence-electron chi connectivity index (χ3n) is 1.71. The van der Waals surface area contributed by atoms with Crippen LogP contribution in [0.3, 0.4) is 0 Å². The summed E-state index contributed by atoms with van der Waals surface area (Å²) in [7, 11) is 0. The van der Waals surface area contributed by atoms with Gasteiger partial charge in [0.1, 0.15) is 10.8 Å². The highest BCUT2D eigenvalue weighted by atomic mass is 35.5. The Morgan fingerprint density at radius 2 is 2.06 bits per heavy atom. The Hall–Kier alpha value is -1.69. The molecule has 0 aliphatic heterocycles. The average Bonchev–Trinajstić information content (AvgIpc) is 2.26. The van der Waals surface area contributed by atoms with Crippen molar-refractivity contribution in [2.24, 2.45) is 0 Å². The Morgan fingerprint density at radius 1 is 1.35 bits per heavy atom. The number of hydrogen-bond donors (Lipinski definition) is 2. The van der Waals surface area contributed by atoms with Crippen LogP contribution in [0, 0.1) is 0 Å². The second kappa shape index (κ2) is 6.15. The second-order valence-corrected chi connectivity index (χ2v) is 4.02. The molecule has 0 atom stereocenters. The minimum absolute atomic E-state index is 0.0368. The van der Waals surface area contributed by atoms with Crippen LogP contribution in [-0.2, 0) is 4.79 Å². The number of nitrogens with one attached hydrogen (secondary N) is 2. The number of halogens is 1. The molecule has 2 amide bonds. The summed E-state index contributed by atoms with van der Waals surface area (Å²) in [5.41, 5.74) is 0.117. The first kappa shape index (κ1) is 13.4. The van der Waals surface area contributed by atoms with E-state index >= 15 is 0 Å². The van der Waals surface area contributed by atoms with Crippen molar-refractivity contribution in [1.29, 1.82) is 0 Å². The van der Waals surface area contributed by atoms with Crippen LogP contribution in [0.2, 0.25) is 5.15 Å². The van der Waals surface area contributed by atoms with Crippen molar-refractivity contribution in [1.82, 2.24) is 20.6 Å². The molecule has 0 radical (unpaired) electrons. The highest BCUT2D eigenvalue weighted by Crippen LogP contribution is 2.00. The molecule has 1 heterocycles. The molecule has 0 aliphatic carbocycles. The summed E-state index contributed by atoms with van der Waals surface area (Å²) in [5.74, 6) is -0.719. The Balaban J connectivity index is 2.45. The first-order valence-corrected chi connectivity index (χ1v) is 5.42. The van der Waals surface area contributed by atoms with E-state index in [9.17, 15) is 9.59 Å². The molecule has 1 rings (SSSR count). The van der Waals surface area contributed by atoms with Crippen molar-refractivity contribution in [3.05, 3.63) is 23.2 Å². The van der Waals surface area contributed by atoms with Crippen LogP contribution >= 0.6 is 11.6 Å². The van der Waals surface area contributed by atoms with Gasteiger partial charge in [0, 0.05) is 6.04 Å². The fraction of sp³-hybridized carbons (Fsp3) is 0.400. The average molecular weight is 257 g/mol. The minimum atomic E-state index is -0.465. The molecule has 0 aromatic carbocycles. The van der Waals surface area contributed by atoms with Crippen molar-refractivity contribution in [3.63, 3.8) is 0 Å². The maximum atomic E-state index is 11.5. The van der Waals surface area contributed by atoms with Crippen LogP contribution in [0.1, 0.15) is 24.3 Å². The molecule has 2 N–H and O–H groups in total. The summed E-state index contributed by atoms with van der Waals surface area (Å²) in [4.78, 5) is 30.3. The molecule has 0 unspecified atom stereocenters. The lowest BCUT2D eigenvalue weighted by atomic mass is 10.3. The van der Waals surface area contributed by atoms with E-state index in [1.165, 1.54) is 12.4 Å². The Morgan fingerprint density at radius 3 is 2.59 bits per heavy atom. The van der Waals surface area contributed by atoms with Crippen molar-refractivity contribution < 1.29 is 9.59 Å². The molecule has 0 saturated heterocycles. The second-order valence-electron chi connectivity index (χ2n) is 3.63. The maximum Gasteiger partial charge on any atom is 0.271 e. The molecule has 0 fully saturated rings. The number of carbonyl (C=O) groups is 2. The standard InChI is InChI=1S/C10H13ClN4O2/c1-6(2)15-9(16)5-14-10(17)7-3-13-8(11)4-12-7/h3-4,6H,5H2,1-2H3,(H,14,17)(H,15,16). The highest BCUT2D eigenvalue weighted by molar-refractivity contribution is 6.29. The molecule has 0 bridgehead atoms. The molecule has 0 spiro atoms. The summed E-state index contributed by atoms with van der Waals surface area (Å²) >= 11 is 5.53. The first-order valence-electron chi connectivity index (χ1n) is 5.04. The molecule has 0 aliphatic rings. The third-order valence-corrected chi connectivity index (χ3v) is 1.91. The van der Waals surface area contributed by atoms with E-state index in [-0.39, 0.29) is 29.3 Å². The zero-order valence-electron chi connectivity index (χ0n) is 9.53. The van der Waals surface area contributed by atoms with Gasteiger partial charge in [0.2, 0.25) is 5.91 Å². The molecule has 92 valence electrons.